The number of hydrogen-bond donors (Lipinski definition) is 2. The minimum Gasteiger partial charge on any atom is -0.494 e. The average molecular weight is 398 g/mol. The minimum atomic E-state index is 0.129. The molecule has 150 valence electrons. The van der Waals surface area contributed by atoms with Crippen molar-refractivity contribution in [3.05, 3.63) is 54.1 Å². The van der Waals surface area contributed by atoms with E-state index in [0.717, 1.165) is 30.4 Å². The van der Waals surface area contributed by atoms with Gasteiger partial charge in [0.2, 0.25) is 0 Å². The Kier molecular flexibility index (Phi) is 7.15. The summed E-state index contributed by atoms with van der Waals surface area (Å²) in [6.07, 6.45) is 2.62. The molecule has 0 aliphatic carbocycles. The van der Waals surface area contributed by atoms with E-state index >= 15 is 0 Å². The van der Waals surface area contributed by atoms with Crippen LogP contribution in [0.1, 0.15) is 45.2 Å². The van der Waals surface area contributed by atoms with Crippen LogP contribution in [-0.2, 0) is 0 Å². The molecule has 1 aliphatic rings. The summed E-state index contributed by atoms with van der Waals surface area (Å²) in [5, 5.41) is 7.22. The summed E-state index contributed by atoms with van der Waals surface area (Å²) in [7, 11) is 0. The van der Waals surface area contributed by atoms with Crippen molar-refractivity contribution in [1.82, 2.24) is 5.32 Å². The third-order valence-electron chi connectivity index (χ3n) is 5.17. The van der Waals surface area contributed by atoms with E-state index in [1.165, 1.54) is 24.1 Å². The highest BCUT2D eigenvalue weighted by atomic mass is 32.1. The number of piperidine rings is 1. The van der Waals surface area contributed by atoms with E-state index in [1.807, 2.05) is 31.2 Å². The van der Waals surface area contributed by atoms with Crippen LogP contribution < -0.4 is 20.3 Å². The third kappa shape index (κ3) is 5.61. The van der Waals surface area contributed by atoms with Crippen molar-refractivity contribution in [3.63, 3.8) is 0 Å². The van der Waals surface area contributed by atoms with Gasteiger partial charge in [0.05, 0.1) is 12.6 Å². The van der Waals surface area contributed by atoms with Crippen LogP contribution in [0.5, 0.6) is 5.75 Å². The van der Waals surface area contributed by atoms with Crippen LogP contribution in [0.15, 0.2) is 48.5 Å². The predicted molar refractivity (Wildman–Crippen MR) is 122 cm³/mol. The normalized spacial score (nSPS) is 17.7. The summed E-state index contributed by atoms with van der Waals surface area (Å²) in [5.74, 6) is 1.62. The fraction of sp³-hybridized carbons (Fsp3) is 0.435. The first-order valence-electron chi connectivity index (χ1n) is 10.2. The Balaban J connectivity index is 1.55. The summed E-state index contributed by atoms with van der Waals surface area (Å²) < 4.78 is 5.54. The van der Waals surface area contributed by atoms with Gasteiger partial charge in [0.25, 0.3) is 0 Å². The lowest BCUT2D eigenvalue weighted by Crippen LogP contribution is -2.34. The van der Waals surface area contributed by atoms with Gasteiger partial charge in [-0.15, -0.1) is 0 Å². The lowest BCUT2D eigenvalue weighted by molar-refractivity contribution is 0.340. The van der Waals surface area contributed by atoms with Crippen LogP contribution in [-0.4, -0.2) is 24.8 Å². The number of thiocarbonyl (C=S) groups is 1. The van der Waals surface area contributed by atoms with Gasteiger partial charge in [-0.05, 0) is 74.7 Å². The summed E-state index contributed by atoms with van der Waals surface area (Å²) >= 11 is 5.49. The molecule has 2 aromatic rings. The number of ether oxygens (including phenoxy) is 1. The van der Waals surface area contributed by atoms with Crippen molar-refractivity contribution in [2.75, 3.05) is 29.9 Å². The monoisotopic (exact) mass is 397 g/mol. The zero-order valence-electron chi connectivity index (χ0n) is 17.1. The summed E-state index contributed by atoms with van der Waals surface area (Å²) in [6.45, 7) is 9.40. The number of rotatable bonds is 6. The van der Waals surface area contributed by atoms with Crippen LogP contribution in [0.25, 0.3) is 0 Å². The maximum atomic E-state index is 5.54. The lowest BCUT2D eigenvalue weighted by atomic mass is 9.99. The minimum absolute atomic E-state index is 0.129. The summed E-state index contributed by atoms with van der Waals surface area (Å²) in [5.41, 5.74) is 3.46. The van der Waals surface area contributed by atoms with Crippen molar-refractivity contribution in [2.45, 2.75) is 39.7 Å². The number of hydrogen-bond acceptors (Lipinski definition) is 3. The van der Waals surface area contributed by atoms with E-state index in [-0.39, 0.29) is 6.04 Å². The Labute approximate surface area is 174 Å². The molecule has 2 unspecified atom stereocenters. The van der Waals surface area contributed by atoms with Gasteiger partial charge in [0, 0.05) is 30.5 Å². The fourth-order valence-corrected chi connectivity index (χ4v) is 3.97. The molecule has 1 saturated heterocycles. The van der Waals surface area contributed by atoms with E-state index < -0.39 is 0 Å². The Morgan fingerprint density at radius 1 is 1.25 bits per heavy atom. The molecule has 2 aromatic carbocycles. The Morgan fingerprint density at radius 3 is 2.75 bits per heavy atom. The first kappa shape index (κ1) is 20.5. The van der Waals surface area contributed by atoms with Gasteiger partial charge in [-0.25, -0.2) is 0 Å². The quantitative estimate of drug-likeness (QED) is 0.641. The molecular formula is C23H31N3OS. The first-order valence-corrected chi connectivity index (χ1v) is 10.6. The van der Waals surface area contributed by atoms with E-state index in [0.29, 0.717) is 11.7 Å². The van der Waals surface area contributed by atoms with Crippen LogP contribution >= 0.6 is 12.2 Å². The Hall–Kier alpha value is -2.27. The van der Waals surface area contributed by atoms with E-state index in [2.05, 4.69) is 53.6 Å². The lowest BCUT2D eigenvalue weighted by Gasteiger charge is -2.33. The second kappa shape index (κ2) is 9.78. The van der Waals surface area contributed by atoms with Gasteiger partial charge < -0.3 is 20.3 Å². The molecule has 2 atom stereocenters. The largest absolute Gasteiger partial charge is 0.494 e. The molecule has 28 heavy (non-hydrogen) atoms. The van der Waals surface area contributed by atoms with E-state index in [1.54, 1.807) is 0 Å². The van der Waals surface area contributed by atoms with Gasteiger partial charge in [0.15, 0.2) is 5.11 Å². The second-order valence-electron chi connectivity index (χ2n) is 7.57. The molecule has 1 heterocycles. The predicted octanol–water partition coefficient (Wildman–Crippen LogP) is 5.37. The van der Waals surface area contributed by atoms with E-state index in [9.17, 15) is 0 Å². The van der Waals surface area contributed by atoms with Gasteiger partial charge in [-0.2, -0.15) is 0 Å². The van der Waals surface area contributed by atoms with Crippen LogP contribution in [0.4, 0.5) is 11.4 Å². The highest BCUT2D eigenvalue weighted by molar-refractivity contribution is 7.80. The molecule has 2 N–H and O–H groups in total. The van der Waals surface area contributed by atoms with Crippen LogP contribution in [0.2, 0.25) is 0 Å². The first-order chi connectivity index (χ1) is 13.5. The molecule has 0 aromatic heterocycles. The molecule has 3 rings (SSSR count). The molecule has 0 saturated carbocycles. The summed E-state index contributed by atoms with van der Waals surface area (Å²) in [4.78, 5) is 2.49. The number of nitrogens with zero attached hydrogens (tertiary/aromatic N) is 1. The number of anilines is 2. The molecule has 5 heteroatoms. The van der Waals surface area contributed by atoms with Crippen molar-refractivity contribution in [3.8, 4) is 5.75 Å². The highest BCUT2D eigenvalue weighted by Crippen LogP contribution is 2.25. The van der Waals surface area contributed by atoms with Gasteiger partial charge in [-0.1, -0.05) is 25.1 Å². The van der Waals surface area contributed by atoms with Gasteiger partial charge in [0.1, 0.15) is 5.75 Å². The smallest absolute Gasteiger partial charge is 0.171 e. The standard InChI is InChI=1S/C23H31N3OS/c1-4-27-22-9-5-8-20(15-22)25-23(28)24-18(3)19-10-12-21(13-11-19)26-14-6-7-17(2)16-26/h5,8-13,15,17-18H,4,6-7,14,16H2,1-3H3,(H2,24,25,28). The van der Waals surface area contributed by atoms with Crippen LogP contribution in [0.3, 0.4) is 0 Å². The van der Waals surface area contributed by atoms with Gasteiger partial charge >= 0.3 is 0 Å². The number of nitrogens with one attached hydrogen (secondary N) is 2. The summed E-state index contributed by atoms with van der Waals surface area (Å²) in [6, 6.07) is 16.8. The highest BCUT2D eigenvalue weighted by Gasteiger charge is 2.17. The molecule has 4 nitrogen and oxygen atoms in total. The zero-order valence-corrected chi connectivity index (χ0v) is 17.9. The zero-order chi connectivity index (χ0) is 19.9. The Bertz CT molecular complexity index is 778. The van der Waals surface area contributed by atoms with Crippen LogP contribution in [0, 0.1) is 5.92 Å². The van der Waals surface area contributed by atoms with Crippen molar-refractivity contribution < 1.29 is 4.74 Å². The fourth-order valence-electron chi connectivity index (χ4n) is 3.68. The average Bonchev–Trinajstić information content (AvgIpc) is 2.68. The third-order valence-corrected chi connectivity index (χ3v) is 5.39. The van der Waals surface area contributed by atoms with Crippen molar-refractivity contribution in [2.24, 2.45) is 5.92 Å². The molecule has 1 fully saturated rings. The molecule has 0 spiro atoms. The maximum Gasteiger partial charge on any atom is 0.171 e. The SMILES string of the molecule is CCOc1cccc(NC(=S)NC(C)c2ccc(N3CCCC(C)C3)cc2)c1. The number of benzene rings is 2. The molecule has 0 bridgehead atoms. The molecule has 1 aliphatic heterocycles. The molecule has 0 amide bonds. The molecule has 0 radical (unpaired) electrons. The molecular weight excluding hydrogens is 366 g/mol. The second-order valence-corrected chi connectivity index (χ2v) is 7.97. The van der Waals surface area contributed by atoms with Crippen molar-refractivity contribution >= 4 is 28.7 Å². The van der Waals surface area contributed by atoms with Gasteiger partial charge in [-0.3, -0.25) is 0 Å². The topological polar surface area (TPSA) is 36.5 Å². The maximum absolute atomic E-state index is 5.54. The Morgan fingerprint density at radius 2 is 2.04 bits per heavy atom. The van der Waals surface area contributed by atoms with E-state index in [4.69, 9.17) is 17.0 Å². The van der Waals surface area contributed by atoms with Crippen molar-refractivity contribution in [1.29, 1.82) is 0 Å².